The number of alkyl halides is 3. The number of carbonyl (C=O) groups excluding carboxylic acids is 1. The minimum atomic E-state index is -4.32. The topological polar surface area (TPSA) is 32.3 Å². The largest absolute Gasteiger partial charge is 0.416 e. The first-order valence-corrected chi connectivity index (χ1v) is 6.91. The molecule has 1 N–H and O–H groups in total. The number of benzene rings is 1. The Morgan fingerprint density at radius 2 is 1.90 bits per heavy atom. The van der Waals surface area contributed by atoms with Crippen LogP contribution in [0, 0.1) is 0 Å². The predicted octanol–water partition coefficient (Wildman–Crippen LogP) is 3.20. The van der Waals surface area contributed by atoms with Gasteiger partial charge in [0.15, 0.2) is 0 Å². The molecule has 0 spiro atoms. The molecule has 1 aliphatic rings. The third kappa shape index (κ3) is 3.89. The van der Waals surface area contributed by atoms with Crippen molar-refractivity contribution in [1.82, 2.24) is 5.32 Å². The summed E-state index contributed by atoms with van der Waals surface area (Å²) < 4.78 is 38.2. The number of anilines is 1. The van der Waals surface area contributed by atoms with Gasteiger partial charge in [0.25, 0.3) is 0 Å². The second-order valence-electron chi connectivity index (χ2n) is 5.78. The number of piperidine rings is 1. The van der Waals surface area contributed by atoms with Crippen LogP contribution in [-0.4, -0.2) is 24.5 Å². The van der Waals surface area contributed by atoms with Gasteiger partial charge in [-0.2, -0.15) is 13.2 Å². The lowest BCUT2D eigenvalue weighted by atomic mass is 9.89. The Kier molecular flexibility index (Phi) is 4.16. The molecule has 0 radical (unpaired) electrons. The molecule has 21 heavy (non-hydrogen) atoms. The van der Waals surface area contributed by atoms with Crippen molar-refractivity contribution in [2.45, 2.75) is 38.4 Å². The molecule has 3 nitrogen and oxygen atoms in total. The van der Waals surface area contributed by atoms with Gasteiger partial charge in [-0.1, -0.05) is 6.07 Å². The monoisotopic (exact) mass is 300 g/mol. The number of hydrogen-bond acceptors (Lipinski definition) is 2. The summed E-state index contributed by atoms with van der Waals surface area (Å²) in [7, 11) is 0. The second kappa shape index (κ2) is 5.58. The average Bonchev–Trinajstić information content (AvgIpc) is 2.37. The molecule has 0 unspecified atom stereocenters. The number of halogens is 3. The quantitative estimate of drug-likeness (QED) is 0.909. The Morgan fingerprint density at radius 3 is 2.43 bits per heavy atom. The van der Waals surface area contributed by atoms with Crippen molar-refractivity contribution in [2.75, 3.05) is 18.0 Å². The first kappa shape index (κ1) is 15.7. The maximum absolute atomic E-state index is 12.7. The number of amides is 1. The predicted molar refractivity (Wildman–Crippen MR) is 75.1 cm³/mol. The summed E-state index contributed by atoms with van der Waals surface area (Å²) in [4.78, 5) is 13.1. The molecule has 1 aromatic rings. The lowest BCUT2D eigenvalue weighted by Gasteiger charge is -2.41. The van der Waals surface area contributed by atoms with Crippen LogP contribution in [0.25, 0.3) is 0 Å². The SMILES string of the molecule is CC(=O)NC1(C)CCN(c2cccc(C(F)(F)F)c2)CC1. The van der Waals surface area contributed by atoms with Crippen LogP contribution in [0.3, 0.4) is 0 Å². The van der Waals surface area contributed by atoms with Crippen molar-refractivity contribution in [2.24, 2.45) is 0 Å². The maximum atomic E-state index is 12.7. The van der Waals surface area contributed by atoms with Crippen molar-refractivity contribution < 1.29 is 18.0 Å². The Morgan fingerprint density at radius 1 is 1.29 bits per heavy atom. The zero-order valence-corrected chi connectivity index (χ0v) is 12.1. The minimum absolute atomic E-state index is 0.0787. The van der Waals surface area contributed by atoms with Crippen LogP contribution in [0.4, 0.5) is 18.9 Å². The molecule has 1 aromatic carbocycles. The number of nitrogens with zero attached hydrogens (tertiary/aromatic N) is 1. The van der Waals surface area contributed by atoms with Gasteiger partial charge in [0.05, 0.1) is 5.56 Å². The lowest BCUT2D eigenvalue weighted by molar-refractivity contribution is -0.137. The molecule has 6 heteroatoms. The van der Waals surface area contributed by atoms with E-state index in [0.29, 0.717) is 31.6 Å². The number of rotatable bonds is 2. The summed E-state index contributed by atoms with van der Waals surface area (Å²) in [5.41, 5.74) is -0.325. The highest BCUT2D eigenvalue weighted by molar-refractivity contribution is 5.73. The summed E-state index contributed by atoms with van der Waals surface area (Å²) >= 11 is 0. The van der Waals surface area contributed by atoms with E-state index in [1.807, 2.05) is 11.8 Å². The average molecular weight is 300 g/mol. The maximum Gasteiger partial charge on any atom is 0.416 e. The van der Waals surface area contributed by atoms with Crippen LogP contribution >= 0.6 is 0 Å². The zero-order valence-electron chi connectivity index (χ0n) is 12.1. The Balaban J connectivity index is 2.07. The van der Waals surface area contributed by atoms with E-state index in [1.165, 1.54) is 19.1 Å². The summed E-state index contributed by atoms with van der Waals surface area (Å²) in [5, 5.41) is 2.92. The third-order valence-electron chi connectivity index (χ3n) is 3.88. The Labute approximate surface area is 122 Å². The van der Waals surface area contributed by atoms with Gasteiger partial charge in [-0.25, -0.2) is 0 Å². The van der Waals surface area contributed by atoms with Crippen molar-refractivity contribution >= 4 is 11.6 Å². The number of carbonyl (C=O) groups is 1. The van der Waals surface area contributed by atoms with E-state index >= 15 is 0 Å². The van der Waals surface area contributed by atoms with Crippen molar-refractivity contribution in [3.8, 4) is 0 Å². The standard InChI is InChI=1S/C15H19F3N2O/c1-11(21)19-14(2)6-8-20(9-7-14)13-5-3-4-12(10-13)15(16,17)18/h3-5,10H,6-9H2,1-2H3,(H,19,21). The van der Waals surface area contributed by atoms with Gasteiger partial charge in [-0.3, -0.25) is 4.79 Å². The highest BCUT2D eigenvalue weighted by Crippen LogP contribution is 2.33. The summed E-state index contributed by atoms with van der Waals surface area (Å²) in [6.45, 7) is 4.69. The highest BCUT2D eigenvalue weighted by Gasteiger charge is 2.33. The van der Waals surface area contributed by atoms with Crippen LogP contribution in [0.5, 0.6) is 0 Å². The summed E-state index contributed by atoms with van der Waals surface area (Å²) in [6.07, 6.45) is -2.90. The van der Waals surface area contributed by atoms with E-state index in [2.05, 4.69) is 5.32 Å². The smallest absolute Gasteiger partial charge is 0.371 e. The van der Waals surface area contributed by atoms with E-state index in [9.17, 15) is 18.0 Å². The minimum Gasteiger partial charge on any atom is -0.371 e. The molecule has 0 atom stereocenters. The second-order valence-corrected chi connectivity index (χ2v) is 5.78. The van der Waals surface area contributed by atoms with E-state index in [1.54, 1.807) is 6.07 Å². The molecule has 1 heterocycles. The fourth-order valence-electron chi connectivity index (χ4n) is 2.69. The van der Waals surface area contributed by atoms with Gasteiger partial charge in [0.1, 0.15) is 0 Å². The Hall–Kier alpha value is -1.72. The fraction of sp³-hybridized carbons (Fsp3) is 0.533. The van der Waals surface area contributed by atoms with Gasteiger partial charge in [0.2, 0.25) is 5.91 Å². The Bertz CT molecular complexity index is 520. The molecule has 1 aliphatic heterocycles. The van der Waals surface area contributed by atoms with E-state index in [4.69, 9.17) is 0 Å². The van der Waals surface area contributed by atoms with Crippen molar-refractivity contribution in [1.29, 1.82) is 0 Å². The molecule has 1 saturated heterocycles. The normalized spacial score (nSPS) is 18.4. The van der Waals surface area contributed by atoms with Crippen LogP contribution in [-0.2, 0) is 11.0 Å². The van der Waals surface area contributed by atoms with Gasteiger partial charge < -0.3 is 10.2 Å². The van der Waals surface area contributed by atoms with E-state index < -0.39 is 11.7 Å². The van der Waals surface area contributed by atoms with Crippen LogP contribution in [0.15, 0.2) is 24.3 Å². The van der Waals surface area contributed by atoms with E-state index in [0.717, 1.165) is 6.07 Å². The molecule has 0 bridgehead atoms. The third-order valence-corrected chi connectivity index (χ3v) is 3.88. The number of nitrogens with one attached hydrogen (secondary N) is 1. The molecule has 1 amide bonds. The van der Waals surface area contributed by atoms with Crippen LogP contribution in [0.1, 0.15) is 32.3 Å². The van der Waals surface area contributed by atoms with Crippen molar-refractivity contribution in [3.63, 3.8) is 0 Å². The molecule has 0 saturated carbocycles. The summed E-state index contributed by atoms with van der Waals surface area (Å²) in [6, 6.07) is 5.38. The zero-order chi connectivity index (χ0) is 15.7. The first-order valence-electron chi connectivity index (χ1n) is 6.91. The van der Waals surface area contributed by atoms with Gasteiger partial charge in [-0.15, -0.1) is 0 Å². The lowest BCUT2D eigenvalue weighted by Crippen LogP contribution is -2.52. The fourth-order valence-corrected chi connectivity index (χ4v) is 2.69. The van der Waals surface area contributed by atoms with Crippen LogP contribution in [0.2, 0.25) is 0 Å². The first-order chi connectivity index (χ1) is 9.70. The van der Waals surface area contributed by atoms with E-state index in [-0.39, 0.29) is 11.4 Å². The summed E-state index contributed by atoms with van der Waals surface area (Å²) in [5.74, 6) is -0.0787. The van der Waals surface area contributed by atoms with Crippen LogP contribution < -0.4 is 10.2 Å². The molecule has 116 valence electrons. The number of hydrogen-bond donors (Lipinski definition) is 1. The molecule has 0 aliphatic carbocycles. The molecular weight excluding hydrogens is 281 g/mol. The molecular formula is C15H19F3N2O. The molecule has 0 aromatic heterocycles. The highest BCUT2D eigenvalue weighted by atomic mass is 19.4. The van der Waals surface area contributed by atoms with Gasteiger partial charge in [0, 0.05) is 31.2 Å². The molecule has 2 rings (SSSR count). The van der Waals surface area contributed by atoms with Gasteiger partial charge >= 0.3 is 6.18 Å². The molecule has 1 fully saturated rings. The van der Waals surface area contributed by atoms with Crippen molar-refractivity contribution in [3.05, 3.63) is 29.8 Å². The van der Waals surface area contributed by atoms with Gasteiger partial charge in [-0.05, 0) is 38.0 Å².